The summed E-state index contributed by atoms with van der Waals surface area (Å²) in [4.78, 5) is 8.51. The molecule has 106 valence electrons. The lowest BCUT2D eigenvalue weighted by Gasteiger charge is -2.40. The van der Waals surface area contributed by atoms with Crippen molar-refractivity contribution in [3.8, 4) is 5.75 Å². The fourth-order valence-electron chi connectivity index (χ4n) is 2.57. The first kappa shape index (κ1) is 14.1. The SMILES string of the molecule is CCC1(CC)CC(Nc2ncc(OC)cn2)CCO1. The van der Waals surface area contributed by atoms with Gasteiger partial charge in [0.15, 0.2) is 5.75 Å². The van der Waals surface area contributed by atoms with E-state index in [1.54, 1.807) is 19.5 Å². The summed E-state index contributed by atoms with van der Waals surface area (Å²) in [6.45, 7) is 5.18. The molecule has 1 aromatic heterocycles. The van der Waals surface area contributed by atoms with E-state index in [2.05, 4.69) is 29.1 Å². The molecule has 1 N–H and O–H groups in total. The highest BCUT2D eigenvalue weighted by molar-refractivity contribution is 5.28. The number of ether oxygens (including phenoxy) is 2. The van der Waals surface area contributed by atoms with Crippen molar-refractivity contribution in [3.63, 3.8) is 0 Å². The largest absolute Gasteiger partial charge is 0.494 e. The average molecular weight is 265 g/mol. The Morgan fingerprint density at radius 1 is 1.37 bits per heavy atom. The van der Waals surface area contributed by atoms with E-state index < -0.39 is 0 Å². The zero-order valence-electron chi connectivity index (χ0n) is 12.0. The van der Waals surface area contributed by atoms with Crippen molar-refractivity contribution >= 4 is 5.95 Å². The van der Waals surface area contributed by atoms with Crippen LogP contribution in [-0.2, 0) is 4.74 Å². The average Bonchev–Trinajstić information content (AvgIpc) is 2.48. The van der Waals surface area contributed by atoms with Crippen LogP contribution >= 0.6 is 0 Å². The van der Waals surface area contributed by atoms with Crippen LogP contribution in [0.2, 0.25) is 0 Å². The minimum atomic E-state index is 0.0163. The van der Waals surface area contributed by atoms with Gasteiger partial charge in [-0.15, -0.1) is 0 Å². The third kappa shape index (κ3) is 3.35. The Labute approximate surface area is 114 Å². The topological polar surface area (TPSA) is 56.3 Å². The van der Waals surface area contributed by atoms with Crippen LogP contribution in [0.4, 0.5) is 5.95 Å². The molecule has 5 nitrogen and oxygen atoms in total. The van der Waals surface area contributed by atoms with E-state index in [1.165, 1.54) is 0 Å². The molecule has 1 aliphatic rings. The lowest BCUT2D eigenvalue weighted by atomic mass is 9.86. The van der Waals surface area contributed by atoms with Crippen molar-refractivity contribution in [1.82, 2.24) is 9.97 Å². The van der Waals surface area contributed by atoms with Gasteiger partial charge in [-0.05, 0) is 25.7 Å². The smallest absolute Gasteiger partial charge is 0.223 e. The highest BCUT2D eigenvalue weighted by Crippen LogP contribution is 2.32. The van der Waals surface area contributed by atoms with Crippen molar-refractivity contribution in [2.75, 3.05) is 19.0 Å². The second-order valence-electron chi connectivity index (χ2n) is 5.02. The monoisotopic (exact) mass is 265 g/mol. The van der Waals surface area contributed by atoms with Crippen molar-refractivity contribution < 1.29 is 9.47 Å². The van der Waals surface area contributed by atoms with E-state index in [0.29, 0.717) is 17.7 Å². The molecule has 1 aliphatic heterocycles. The lowest BCUT2D eigenvalue weighted by molar-refractivity contribution is -0.0865. The van der Waals surface area contributed by atoms with Gasteiger partial charge in [-0.2, -0.15) is 0 Å². The molecule has 0 bridgehead atoms. The molecule has 0 radical (unpaired) electrons. The number of anilines is 1. The first-order chi connectivity index (χ1) is 9.21. The fourth-order valence-corrected chi connectivity index (χ4v) is 2.57. The maximum absolute atomic E-state index is 5.97. The molecule has 1 fully saturated rings. The normalized spacial score (nSPS) is 21.9. The van der Waals surface area contributed by atoms with Gasteiger partial charge in [0, 0.05) is 12.6 Å². The van der Waals surface area contributed by atoms with Crippen LogP contribution in [0.1, 0.15) is 39.5 Å². The van der Waals surface area contributed by atoms with Crippen LogP contribution in [0.3, 0.4) is 0 Å². The number of nitrogens with zero attached hydrogens (tertiary/aromatic N) is 2. The van der Waals surface area contributed by atoms with Gasteiger partial charge in [-0.3, -0.25) is 0 Å². The molecule has 0 amide bonds. The molecular weight excluding hydrogens is 242 g/mol. The summed E-state index contributed by atoms with van der Waals surface area (Å²) < 4.78 is 11.0. The minimum absolute atomic E-state index is 0.0163. The minimum Gasteiger partial charge on any atom is -0.494 e. The van der Waals surface area contributed by atoms with Gasteiger partial charge in [0.25, 0.3) is 0 Å². The number of hydrogen-bond acceptors (Lipinski definition) is 5. The second kappa shape index (κ2) is 6.19. The molecule has 0 spiro atoms. The van der Waals surface area contributed by atoms with Crippen LogP contribution in [0, 0.1) is 0 Å². The lowest BCUT2D eigenvalue weighted by Crippen LogP contribution is -2.43. The molecule has 1 unspecified atom stereocenters. The Balaban J connectivity index is 1.98. The fraction of sp³-hybridized carbons (Fsp3) is 0.714. The highest BCUT2D eigenvalue weighted by Gasteiger charge is 2.34. The van der Waals surface area contributed by atoms with Crippen molar-refractivity contribution in [2.24, 2.45) is 0 Å². The van der Waals surface area contributed by atoms with Crippen molar-refractivity contribution in [2.45, 2.75) is 51.2 Å². The molecule has 1 aromatic rings. The van der Waals surface area contributed by atoms with Gasteiger partial charge in [0.2, 0.25) is 5.95 Å². The first-order valence-electron chi connectivity index (χ1n) is 6.98. The second-order valence-corrected chi connectivity index (χ2v) is 5.02. The first-order valence-corrected chi connectivity index (χ1v) is 6.98. The molecule has 0 saturated carbocycles. The van der Waals surface area contributed by atoms with Crippen LogP contribution in [0.15, 0.2) is 12.4 Å². The van der Waals surface area contributed by atoms with E-state index in [4.69, 9.17) is 9.47 Å². The molecule has 2 heterocycles. The van der Waals surface area contributed by atoms with Gasteiger partial charge in [0.1, 0.15) is 0 Å². The maximum Gasteiger partial charge on any atom is 0.223 e. The maximum atomic E-state index is 5.97. The number of nitrogens with one attached hydrogen (secondary N) is 1. The summed E-state index contributed by atoms with van der Waals surface area (Å²) in [5.41, 5.74) is 0.0163. The summed E-state index contributed by atoms with van der Waals surface area (Å²) in [6, 6.07) is 0.377. The molecular formula is C14H23N3O2. The summed E-state index contributed by atoms with van der Waals surface area (Å²) in [5.74, 6) is 1.34. The zero-order chi connectivity index (χ0) is 13.7. The van der Waals surface area contributed by atoms with Gasteiger partial charge in [0.05, 0.1) is 25.1 Å². The van der Waals surface area contributed by atoms with E-state index in [9.17, 15) is 0 Å². The molecule has 0 aromatic carbocycles. The summed E-state index contributed by atoms with van der Waals surface area (Å²) in [7, 11) is 1.61. The molecule has 5 heteroatoms. The van der Waals surface area contributed by atoms with E-state index in [0.717, 1.165) is 32.3 Å². The number of hydrogen-bond donors (Lipinski definition) is 1. The van der Waals surface area contributed by atoms with E-state index in [1.807, 2.05) is 0 Å². The third-order valence-electron chi connectivity index (χ3n) is 3.98. The standard InChI is InChI=1S/C14H23N3O2/c1-4-14(5-2)8-11(6-7-19-14)17-13-15-9-12(18-3)10-16-13/h9-11H,4-8H2,1-3H3,(H,15,16,17). The van der Waals surface area contributed by atoms with Gasteiger partial charge < -0.3 is 14.8 Å². The van der Waals surface area contributed by atoms with Gasteiger partial charge in [-0.25, -0.2) is 9.97 Å². The number of rotatable bonds is 5. The Morgan fingerprint density at radius 2 is 2.05 bits per heavy atom. The molecule has 1 atom stereocenters. The Hall–Kier alpha value is -1.36. The predicted octanol–water partition coefficient (Wildman–Crippen LogP) is 2.63. The predicted molar refractivity (Wildman–Crippen MR) is 74.5 cm³/mol. The summed E-state index contributed by atoms with van der Waals surface area (Å²) >= 11 is 0. The third-order valence-corrected chi connectivity index (χ3v) is 3.98. The highest BCUT2D eigenvalue weighted by atomic mass is 16.5. The molecule has 1 saturated heterocycles. The van der Waals surface area contributed by atoms with Gasteiger partial charge >= 0.3 is 0 Å². The van der Waals surface area contributed by atoms with Crippen LogP contribution in [-0.4, -0.2) is 35.3 Å². The van der Waals surface area contributed by atoms with Crippen LogP contribution in [0.25, 0.3) is 0 Å². The Kier molecular flexibility index (Phi) is 4.58. The van der Waals surface area contributed by atoms with Crippen LogP contribution in [0.5, 0.6) is 5.75 Å². The summed E-state index contributed by atoms with van der Waals surface area (Å²) in [6.07, 6.45) is 7.46. The summed E-state index contributed by atoms with van der Waals surface area (Å²) in [5, 5.41) is 3.40. The molecule has 0 aliphatic carbocycles. The number of aromatic nitrogens is 2. The quantitative estimate of drug-likeness (QED) is 0.887. The van der Waals surface area contributed by atoms with Gasteiger partial charge in [-0.1, -0.05) is 13.8 Å². The van der Waals surface area contributed by atoms with E-state index >= 15 is 0 Å². The zero-order valence-corrected chi connectivity index (χ0v) is 12.0. The van der Waals surface area contributed by atoms with E-state index in [-0.39, 0.29) is 5.60 Å². The van der Waals surface area contributed by atoms with Crippen molar-refractivity contribution in [3.05, 3.63) is 12.4 Å². The molecule has 2 rings (SSSR count). The van der Waals surface area contributed by atoms with Crippen molar-refractivity contribution in [1.29, 1.82) is 0 Å². The Morgan fingerprint density at radius 3 is 2.63 bits per heavy atom. The van der Waals surface area contributed by atoms with Crippen LogP contribution < -0.4 is 10.1 Å². The Bertz CT molecular complexity index is 390. The number of methoxy groups -OCH3 is 1. The molecule has 19 heavy (non-hydrogen) atoms.